The number of anilines is 1. The van der Waals surface area contributed by atoms with E-state index in [1.807, 2.05) is 48.1 Å². The van der Waals surface area contributed by atoms with Gasteiger partial charge in [-0.05, 0) is 60.9 Å². The standard InChI is InChI=1S/C26H23F2N5O/c1-17-11-18(2)24(13-22(17)30-15-19-5-3-7-21(12-19)34-26(27)28)32-9-10-33-25(32)14-23(31-33)20-6-4-8-29-16-20/h3-14,16,26,30H,15H2,1-2H3. The molecular formula is C26H23F2N5O. The Morgan fingerprint density at radius 2 is 1.88 bits per heavy atom. The number of aromatic nitrogens is 4. The topological polar surface area (TPSA) is 56.4 Å². The number of benzene rings is 2. The van der Waals surface area contributed by atoms with Crippen molar-refractivity contribution in [1.29, 1.82) is 0 Å². The number of aryl methyl sites for hydroxylation is 2. The van der Waals surface area contributed by atoms with Crippen molar-refractivity contribution in [2.24, 2.45) is 0 Å². The molecule has 172 valence electrons. The summed E-state index contributed by atoms with van der Waals surface area (Å²) in [6.07, 6.45) is 7.45. The monoisotopic (exact) mass is 459 g/mol. The molecule has 0 fully saturated rings. The quantitative estimate of drug-likeness (QED) is 0.324. The van der Waals surface area contributed by atoms with Crippen LogP contribution >= 0.6 is 0 Å². The summed E-state index contributed by atoms with van der Waals surface area (Å²) in [5.74, 6) is 0.149. The summed E-state index contributed by atoms with van der Waals surface area (Å²) in [5.41, 5.74) is 7.79. The van der Waals surface area contributed by atoms with Crippen LogP contribution in [-0.4, -0.2) is 25.8 Å². The summed E-state index contributed by atoms with van der Waals surface area (Å²) in [6, 6.07) is 16.9. The van der Waals surface area contributed by atoms with Crippen LogP contribution in [0.4, 0.5) is 14.5 Å². The van der Waals surface area contributed by atoms with E-state index in [2.05, 4.69) is 43.8 Å². The maximum atomic E-state index is 12.5. The number of nitrogens with zero attached hydrogens (tertiary/aromatic N) is 4. The highest BCUT2D eigenvalue weighted by Crippen LogP contribution is 2.28. The first-order valence-electron chi connectivity index (χ1n) is 10.8. The Balaban J connectivity index is 1.44. The molecule has 0 amide bonds. The fourth-order valence-electron chi connectivity index (χ4n) is 4.06. The minimum Gasteiger partial charge on any atom is -0.435 e. The molecule has 3 heterocycles. The van der Waals surface area contributed by atoms with Crippen LogP contribution in [-0.2, 0) is 6.54 Å². The average Bonchev–Trinajstić information content (AvgIpc) is 3.40. The lowest BCUT2D eigenvalue weighted by molar-refractivity contribution is -0.0498. The van der Waals surface area contributed by atoms with E-state index in [0.29, 0.717) is 6.54 Å². The van der Waals surface area contributed by atoms with Gasteiger partial charge in [-0.2, -0.15) is 13.9 Å². The van der Waals surface area contributed by atoms with Gasteiger partial charge < -0.3 is 10.1 Å². The summed E-state index contributed by atoms with van der Waals surface area (Å²) >= 11 is 0. The van der Waals surface area contributed by atoms with Crippen LogP contribution in [0.5, 0.6) is 5.75 Å². The predicted molar refractivity (Wildman–Crippen MR) is 128 cm³/mol. The number of hydrogen-bond acceptors (Lipinski definition) is 4. The molecule has 0 saturated carbocycles. The third-order valence-corrected chi connectivity index (χ3v) is 5.69. The number of pyridine rings is 1. The Hall–Kier alpha value is -4.20. The lowest BCUT2D eigenvalue weighted by Crippen LogP contribution is -2.05. The first-order valence-corrected chi connectivity index (χ1v) is 10.8. The molecule has 0 aliphatic heterocycles. The number of alkyl halides is 2. The number of nitrogens with one attached hydrogen (secondary N) is 1. The maximum absolute atomic E-state index is 12.5. The summed E-state index contributed by atoms with van der Waals surface area (Å²) < 4.78 is 33.5. The number of imidazole rings is 1. The van der Waals surface area contributed by atoms with Gasteiger partial charge in [-0.3, -0.25) is 9.55 Å². The molecular weight excluding hydrogens is 436 g/mol. The second-order valence-corrected chi connectivity index (χ2v) is 8.08. The molecule has 0 bridgehead atoms. The van der Waals surface area contributed by atoms with Crippen molar-refractivity contribution in [1.82, 2.24) is 19.2 Å². The molecule has 34 heavy (non-hydrogen) atoms. The number of rotatable bonds is 7. The second kappa shape index (κ2) is 8.97. The van der Waals surface area contributed by atoms with Gasteiger partial charge in [0, 0.05) is 48.6 Å². The zero-order valence-electron chi connectivity index (χ0n) is 18.7. The van der Waals surface area contributed by atoms with E-state index in [0.717, 1.165) is 45.0 Å². The fourth-order valence-corrected chi connectivity index (χ4v) is 4.06. The van der Waals surface area contributed by atoms with Gasteiger partial charge in [-0.1, -0.05) is 18.2 Å². The van der Waals surface area contributed by atoms with Crippen molar-refractivity contribution in [3.05, 3.63) is 96.1 Å². The van der Waals surface area contributed by atoms with Gasteiger partial charge in [0.1, 0.15) is 11.4 Å². The van der Waals surface area contributed by atoms with E-state index in [-0.39, 0.29) is 5.75 Å². The SMILES string of the molecule is Cc1cc(C)c(-n2ccn3nc(-c4cccnc4)cc23)cc1NCc1cccc(OC(F)F)c1. The highest BCUT2D eigenvalue weighted by Gasteiger charge is 2.13. The zero-order valence-corrected chi connectivity index (χ0v) is 18.7. The largest absolute Gasteiger partial charge is 0.435 e. The smallest absolute Gasteiger partial charge is 0.387 e. The number of halogens is 2. The van der Waals surface area contributed by atoms with Gasteiger partial charge in [-0.25, -0.2) is 4.52 Å². The van der Waals surface area contributed by atoms with Crippen LogP contribution in [0.2, 0.25) is 0 Å². The van der Waals surface area contributed by atoms with Gasteiger partial charge in [0.25, 0.3) is 0 Å². The second-order valence-electron chi connectivity index (χ2n) is 8.08. The fraction of sp³-hybridized carbons (Fsp3) is 0.154. The third kappa shape index (κ3) is 4.34. The lowest BCUT2D eigenvalue weighted by Gasteiger charge is -2.15. The molecule has 6 nitrogen and oxygen atoms in total. The molecule has 1 N–H and O–H groups in total. The molecule has 3 aromatic heterocycles. The van der Waals surface area contributed by atoms with Crippen molar-refractivity contribution < 1.29 is 13.5 Å². The summed E-state index contributed by atoms with van der Waals surface area (Å²) in [6.45, 7) is 1.75. The normalized spacial score (nSPS) is 11.3. The Morgan fingerprint density at radius 1 is 1.00 bits per heavy atom. The Bertz CT molecular complexity index is 1440. The van der Waals surface area contributed by atoms with Crippen LogP contribution in [0.1, 0.15) is 16.7 Å². The molecule has 0 spiro atoms. The van der Waals surface area contributed by atoms with Crippen LogP contribution in [0.25, 0.3) is 22.6 Å². The van der Waals surface area contributed by atoms with Gasteiger partial charge in [0.05, 0.1) is 11.4 Å². The summed E-state index contributed by atoms with van der Waals surface area (Å²) in [7, 11) is 0. The van der Waals surface area contributed by atoms with Gasteiger partial charge in [0.15, 0.2) is 0 Å². The summed E-state index contributed by atoms with van der Waals surface area (Å²) in [5, 5.41) is 8.11. The molecule has 5 rings (SSSR count). The molecule has 0 radical (unpaired) electrons. The predicted octanol–water partition coefficient (Wildman–Crippen LogP) is 6.02. The van der Waals surface area contributed by atoms with Crippen molar-refractivity contribution in [3.63, 3.8) is 0 Å². The van der Waals surface area contributed by atoms with E-state index in [9.17, 15) is 8.78 Å². The number of fused-ring (bicyclic) bond motifs is 1. The Morgan fingerprint density at radius 3 is 2.68 bits per heavy atom. The molecule has 2 aromatic carbocycles. The molecule has 0 saturated heterocycles. The minimum atomic E-state index is -2.84. The van der Waals surface area contributed by atoms with E-state index in [1.165, 1.54) is 6.07 Å². The van der Waals surface area contributed by atoms with Gasteiger partial charge in [0.2, 0.25) is 0 Å². The Kier molecular flexibility index (Phi) is 5.71. The minimum absolute atomic E-state index is 0.149. The average molecular weight is 460 g/mol. The number of hydrogen-bond donors (Lipinski definition) is 1. The van der Waals surface area contributed by atoms with E-state index in [1.54, 1.807) is 24.5 Å². The van der Waals surface area contributed by atoms with Crippen LogP contribution < -0.4 is 10.1 Å². The highest BCUT2D eigenvalue weighted by molar-refractivity contribution is 5.67. The van der Waals surface area contributed by atoms with E-state index < -0.39 is 6.61 Å². The van der Waals surface area contributed by atoms with Crippen LogP contribution in [0, 0.1) is 13.8 Å². The van der Waals surface area contributed by atoms with Crippen molar-refractivity contribution in [3.8, 4) is 22.7 Å². The molecule has 5 aromatic rings. The molecule has 0 atom stereocenters. The Labute approximate surface area is 195 Å². The molecule has 0 aliphatic carbocycles. The third-order valence-electron chi connectivity index (χ3n) is 5.69. The van der Waals surface area contributed by atoms with Crippen molar-refractivity contribution >= 4 is 11.3 Å². The maximum Gasteiger partial charge on any atom is 0.387 e. The summed E-state index contributed by atoms with van der Waals surface area (Å²) in [4.78, 5) is 4.19. The van der Waals surface area contributed by atoms with Gasteiger partial charge in [-0.15, -0.1) is 0 Å². The van der Waals surface area contributed by atoms with E-state index >= 15 is 0 Å². The van der Waals surface area contributed by atoms with Gasteiger partial charge >= 0.3 is 6.61 Å². The first-order chi connectivity index (χ1) is 16.5. The van der Waals surface area contributed by atoms with Crippen molar-refractivity contribution in [2.75, 3.05) is 5.32 Å². The molecule has 8 heteroatoms. The molecule has 0 unspecified atom stereocenters. The first kappa shape index (κ1) is 21.6. The van der Waals surface area contributed by atoms with Crippen molar-refractivity contribution in [2.45, 2.75) is 27.0 Å². The highest BCUT2D eigenvalue weighted by atomic mass is 19.3. The van der Waals surface area contributed by atoms with Crippen LogP contribution in [0.15, 0.2) is 79.4 Å². The van der Waals surface area contributed by atoms with Crippen LogP contribution in [0.3, 0.4) is 0 Å². The lowest BCUT2D eigenvalue weighted by atomic mass is 10.1. The zero-order chi connectivity index (χ0) is 23.7. The van der Waals surface area contributed by atoms with E-state index in [4.69, 9.17) is 0 Å². The molecule has 0 aliphatic rings. The number of ether oxygens (including phenoxy) is 1.